The number of esters is 1. The molecule has 2 aromatic carbocycles. The maximum absolute atomic E-state index is 14.7. The second-order valence-electron chi connectivity index (χ2n) is 25.8. The van der Waals surface area contributed by atoms with E-state index in [1.165, 1.54) is 16.7 Å². The van der Waals surface area contributed by atoms with E-state index in [4.69, 9.17) is 25.9 Å². The highest BCUT2D eigenvalue weighted by atomic mass is 35.5. The van der Waals surface area contributed by atoms with E-state index in [1.807, 2.05) is 12.1 Å². The van der Waals surface area contributed by atoms with Gasteiger partial charge in [-0.1, -0.05) is 130 Å². The number of carbonyl (C=O) groups is 3. The molecule has 2 aromatic rings. The molecule has 7 aliphatic rings. The Kier molecular flexibility index (Phi) is 12.9. The number of benzene rings is 2. The maximum Gasteiger partial charge on any atom is 0.373 e. The van der Waals surface area contributed by atoms with Crippen molar-refractivity contribution >= 4 is 35.4 Å². The molecule has 1 amide bonds. The molecule has 0 saturated heterocycles. The van der Waals surface area contributed by atoms with E-state index in [2.05, 4.69) is 124 Å². The Balaban J connectivity index is 0.00000198. The van der Waals surface area contributed by atoms with Gasteiger partial charge in [-0.2, -0.15) is 9.59 Å². The van der Waals surface area contributed by atoms with Crippen LogP contribution in [0.5, 0.6) is 0 Å². The molecule has 8 heteroatoms. The van der Waals surface area contributed by atoms with E-state index in [9.17, 15) is 14.4 Å². The average molecular weight is 935 g/mol. The standard InChI is InChI=1S/C58H80ClNO4.CO2/c1-36(2)47-43(61)35-58(60-50(63)51(3,4)27-29-57(30-31-57)38-17-19-40(59)20-18-38)32-28-55(10)41(48(47)58)21-22-45-54(9)25-24-46(53(7,8)44(54)23-26-56(45,55)11)64-49(62)42-34-39(52(42,5)6)33-37-15-13-12-14-16-37;2-1-3/h12-20,36,39,41-42,44-46H,21-35H2,1-11H3,(H,60,63);/t39-,41-,42-,44+,45-,46+,54+,55-,56-,58-;/m1./s1. The minimum Gasteiger partial charge on any atom is -0.462 e. The Bertz CT molecular complexity index is 2300. The van der Waals surface area contributed by atoms with Crippen molar-refractivity contribution in [3.05, 3.63) is 81.9 Å². The maximum atomic E-state index is 14.7. The van der Waals surface area contributed by atoms with Gasteiger partial charge in [-0.3, -0.25) is 14.4 Å². The molecule has 7 aliphatic carbocycles. The van der Waals surface area contributed by atoms with Crippen molar-refractivity contribution < 1.29 is 28.7 Å². The molecule has 7 nitrogen and oxygen atoms in total. The summed E-state index contributed by atoms with van der Waals surface area (Å²) in [4.78, 5) is 59.5. The summed E-state index contributed by atoms with van der Waals surface area (Å²) < 4.78 is 6.71. The molecule has 1 N–H and O–H groups in total. The normalized spacial score (nSPS) is 36.4. The Morgan fingerprint density at radius 3 is 2.07 bits per heavy atom. The van der Waals surface area contributed by atoms with Gasteiger partial charge in [0.15, 0.2) is 5.78 Å². The van der Waals surface area contributed by atoms with Crippen LogP contribution in [-0.2, 0) is 40.5 Å². The largest absolute Gasteiger partial charge is 0.462 e. The van der Waals surface area contributed by atoms with Gasteiger partial charge in [0.05, 0.1) is 11.5 Å². The summed E-state index contributed by atoms with van der Waals surface area (Å²) in [6.07, 6.45) is 14.9. The highest BCUT2D eigenvalue weighted by Gasteiger charge is 2.71. The molecule has 0 radical (unpaired) electrons. The summed E-state index contributed by atoms with van der Waals surface area (Å²) in [5, 5.41) is 4.49. The number of carbonyl (C=O) groups excluding carboxylic acids is 5. The highest BCUT2D eigenvalue weighted by molar-refractivity contribution is 6.30. The van der Waals surface area contributed by atoms with Gasteiger partial charge in [0.25, 0.3) is 0 Å². The van der Waals surface area contributed by atoms with Gasteiger partial charge in [-0.25, -0.2) is 0 Å². The van der Waals surface area contributed by atoms with Crippen LogP contribution in [0, 0.1) is 68.0 Å². The number of fused-ring (bicyclic) bond motifs is 7. The number of allylic oxidation sites excluding steroid dienone is 1. The molecular formula is C59H80ClNO6. The van der Waals surface area contributed by atoms with Gasteiger partial charge in [-0.15, -0.1) is 0 Å². The third kappa shape index (κ3) is 8.14. The van der Waals surface area contributed by atoms with Crippen molar-refractivity contribution in [1.82, 2.24) is 5.32 Å². The summed E-state index contributed by atoms with van der Waals surface area (Å²) in [5.74, 6) is 2.18. The van der Waals surface area contributed by atoms with Gasteiger partial charge in [-0.05, 0) is 181 Å². The molecule has 6 saturated carbocycles. The van der Waals surface area contributed by atoms with Crippen molar-refractivity contribution in [3.63, 3.8) is 0 Å². The van der Waals surface area contributed by atoms with Gasteiger partial charge < -0.3 is 10.1 Å². The topological polar surface area (TPSA) is 107 Å². The van der Waals surface area contributed by atoms with Crippen LogP contribution in [0.1, 0.15) is 177 Å². The first-order chi connectivity index (χ1) is 31.4. The molecule has 0 unspecified atom stereocenters. The van der Waals surface area contributed by atoms with Gasteiger partial charge >= 0.3 is 12.1 Å². The SMILES string of the molecule is CC(C)C1=C2[C@H]3CC[C@@H]4[C@@]5(C)CC[C@H](OC(=O)[C@H]6C[C@@H](Cc7ccccc7)C6(C)C)C(C)(C)[C@@H]5CC[C@@]4(C)[C@]3(C)CC[C@@]2(NC(=O)C(C)(C)CCC2(c3ccc(Cl)cc3)CC2)CC1=O.O=C=O. The van der Waals surface area contributed by atoms with E-state index >= 15 is 0 Å². The van der Waals surface area contributed by atoms with Crippen LogP contribution in [-0.4, -0.2) is 35.5 Å². The van der Waals surface area contributed by atoms with Gasteiger partial charge in [0, 0.05) is 22.3 Å². The second-order valence-corrected chi connectivity index (χ2v) is 26.2. The van der Waals surface area contributed by atoms with E-state index in [0.29, 0.717) is 24.2 Å². The predicted molar refractivity (Wildman–Crippen MR) is 264 cm³/mol. The van der Waals surface area contributed by atoms with Crippen LogP contribution in [0.25, 0.3) is 0 Å². The lowest BCUT2D eigenvalue weighted by atomic mass is 9.33. The molecule has 0 aromatic heterocycles. The first-order valence-corrected chi connectivity index (χ1v) is 26.3. The van der Waals surface area contributed by atoms with Crippen molar-refractivity contribution in [3.8, 4) is 0 Å². The van der Waals surface area contributed by atoms with E-state index in [0.717, 1.165) is 100 Å². The molecule has 9 rings (SSSR count). The summed E-state index contributed by atoms with van der Waals surface area (Å²) in [6.45, 7) is 25.8. The van der Waals surface area contributed by atoms with Crippen LogP contribution in [0.4, 0.5) is 0 Å². The molecule has 0 spiro atoms. The molecule has 364 valence electrons. The minimum atomic E-state index is -0.604. The summed E-state index contributed by atoms with van der Waals surface area (Å²) in [6, 6.07) is 19.0. The number of amides is 1. The van der Waals surface area contributed by atoms with Crippen molar-refractivity contribution in [2.24, 2.45) is 68.0 Å². The summed E-state index contributed by atoms with van der Waals surface area (Å²) >= 11 is 6.25. The number of hydrogen-bond donors (Lipinski definition) is 1. The number of halogens is 1. The Morgan fingerprint density at radius 1 is 0.806 bits per heavy atom. The summed E-state index contributed by atoms with van der Waals surface area (Å²) in [7, 11) is 0. The van der Waals surface area contributed by atoms with E-state index in [-0.39, 0.29) is 80.2 Å². The molecule has 0 aliphatic heterocycles. The van der Waals surface area contributed by atoms with Crippen LogP contribution in [0.2, 0.25) is 5.02 Å². The fourth-order valence-corrected chi connectivity index (χ4v) is 16.6. The third-order valence-electron chi connectivity index (χ3n) is 21.2. The van der Waals surface area contributed by atoms with Crippen molar-refractivity contribution in [2.45, 2.75) is 190 Å². The Morgan fingerprint density at radius 2 is 1.46 bits per heavy atom. The zero-order chi connectivity index (χ0) is 48.8. The highest BCUT2D eigenvalue weighted by Crippen LogP contribution is 2.76. The monoisotopic (exact) mass is 934 g/mol. The molecule has 10 atom stereocenters. The number of Topliss-reactive ketones (excluding diaryl/α,β-unsaturated/α-hetero) is 1. The minimum absolute atomic E-state index is 0.00419. The molecular weight excluding hydrogens is 854 g/mol. The lowest BCUT2D eigenvalue weighted by Crippen LogP contribution is -2.67. The summed E-state index contributed by atoms with van der Waals surface area (Å²) in [5.41, 5.74) is 3.97. The smallest absolute Gasteiger partial charge is 0.373 e. The van der Waals surface area contributed by atoms with Crippen LogP contribution in [0.15, 0.2) is 65.7 Å². The fraction of sp³-hybridized carbons (Fsp3) is 0.695. The number of ether oxygens (including phenoxy) is 1. The lowest BCUT2D eigenvalue weighted by molar-refractivity contribution is -0.235. The average Bonchev–Trinajstić information content (AvgIpc) is 3.99. The lowest BCUT2D eigenvalue weighted by Gasteiger charge is -2.72. The Hall–Kier alpha value is -3.54. The first kappa shape index (κ1) is 49.9. The number of rotatable bonds is 11. The molecule has 6 fully saturated rings. The van der Waals surface area contributed by atoms with Crippen molar-refractivity contribution in [2.75, 3.05) is 0 Å². The zero-order valence-electron chi connectivity index (χ0n) is 42.7. The van der Waals surface area contributed by atoms with E-state index < -0.39 is 11.0 Å². The number of nitrogens with one attached hydrogen (secondary N) is 1. The predicted octanol–water partition coefficient (Wildman–Crippen LogP) is 13.3. The van der Waals surface area contributed by atoms with E-state index in [1.54, 1.807) is 0 Å². The number of hydrogen-bond acceptors (Lipinski definition) is 6. The van der Waals surface area contributed by atoms with Crippen molar-refractivity contribution in [1.29, 1.82) is 0 Å². The van der Waals surface area contributed by atoms with Crippen LogP contribution in [0.3, 0.4) is 0 Å². The Labute approximate surface area is 407 Å². The van der Waals surface area contributed by atoms with Crippen LogP contribution >= 0.6 is 11.6 Å². The number of ketones is 1. The zero-order valence-corrected chi connectivity index (χ0v) is 43.4. The van der Waals surface area contributed by atoms with Gasteiger partial charge in [0.2, 0.25) is 5.91 Å². The quantitative estimate of drug-likeness (QED) is 0.225. The van der Waals surface area contributed by atoms with Crippen LogP contribution < -0.4 is 5.32 Å². The van der Waals surface area contributed by atoms with Gasteiger partial charge in [0.1, 0.15) is 6.10 Å². The fourth-order valence-electron chi connectivity index (χ4n) is 16.5. The molecule has 0 bridgehead atoms. The third-order valence-corrected chi connectivity index (χ3v) is 21.5. The first-order valence-electron chi connectivity index (χ1n) is 26.0. The molecule has 67 heavy (non-hydrogen) atoms. The molecule has 0 heterocycles. The second kappa shape index (κ2) is 17.4.